The number of nitrogens with one attached hydrogen (secondary N) is 1. The van der Waals surface area contributed by atoms with Crippen molar-refractivity contribution in [1.29, 1.82) is 0 Å². The third-order valence-corrected chi connectivity index (χ3v) is 3.19. The molecule has 19 heavy (non-hydrogen) atoms. The summed E-state index contributed by atoms with van der Waals surface area (Å²) < 4.78 is 37.8. The first-order valence-corrected chi connectivity index (χ1v) is 6.38. The number of hydrogen-bond donors (Lipinski definition) is 2. The molecule has 0 bridgehead atoms. The molecule has 1 aliphatic rings. The number of aliphatic hydroxyl groups is 1. The first-order chi connectivity index (χ1) is 8.76. The maximum atomic E-state index is 12.6. The Morgan fingerprint density at radius 1 is 1.32 bits per heavy atom. The molecule has 0 amide bonds. The van der Waals surface area contributed by atoms with E-state index in [-0.39, 0.29) is 6.42 Å². The van der Waals surface area contributed by atoms with Crippen molar-refractivity contribution in [2.24, 2.45) is 0 Å². The molecule has 0 spiro atoms. The molecule has 0 heterocycles. The van der Waals surface area contributed by atoms with Gasteiger partial charge in [0.05, 0.1) is 11.2 Å². The van der Waals surface area contributed by atoms with Gasteiger partial charge in [-0.05, 0) is 31.4 Å². The van der Waals surface area contributed by atoms with E-state index in [4.69, 9.17) is 0 Å². The van der Waals surface area contributed by atoms with E-state index in [0.717, 1.165) is 25.0 Å². The van der Waals surface area contributed by atoms with Crippen LogP contribution in [0, 0.1) is 0 Å². The van der Waals surface area contributed by atoms with Crippen molar-refractivity contribution in [1.82, 2.24) is 5.32 Å². The van der Waals surface area contributed by atoms with Gasteiger partial charge in [0, 0.05) is 19.0 Å². The van der Waals surface area contributed by atoms with Gasteiger partial charge in [-0.1, -0.05) is 18.2 Å². The molecule has 2 rings (SSSR count). The van der Waals surface area contributed by atoms with Crippen molar-refractivity contribution in [2.45, 2.75) is 44.0 Å². The Labute approximate surface area is 110 Å². The summed E-state index contributed by atoms with van der Waals surface area (Å²) in [7, 11) is 0. The Morgan fingerprint density at radius 3 is 2.58 bits per heavy atom. The van der Waals surface area contributed by atoms with Crippen LogP contribution in [0.25, 0.3) is 0 Å². The average Bonchev–Trinajstić information content (AvgIpc) is 3.09. The monoisotopic (exact) mass is 273 g/mol. The normalized spacial score (nSPS) is 19.2. The third kappa shape index (κ3) is 4.51. The van der Waals surface area contributed by atoms with Crippen LogP contribution in [0.2, 0.25) is 0 Å². The molecule has 1 unspecified atom stereocenters. The van der Waals surface area contributed by atoms with Crippen LogP contribution < -0.4 is 5.32 Å². The molecular formula is C14H18F3NO. The molecule has 2 N–H and O–H groups in total. The number of hydrogen-bond acceptors (Lipinski definition) is 2. The third-order valence-electron chi connectivity index (χ3n) is 3.19. The minimum absolute atomic E-state index is 0.205. The van der Waals surface area contributed by atoms with Crippen molar-refractivity contribution in [3.63, 3.8) is 0 Å². The fourth-order valence-corrected chi connectivity index (χ4v) is 2.01. The van der Waals surface area contributed by atoms with Gasteiger partial charge < -0.3 is 10.4 Å². The van der Waals surface area contributed by atoms with E-state index in [1.54, 1.807) is 13.0 Å². The van der Waals surface area contributed by atoms with E-state index in [9.17, 15) is 18.3 Å². The largest absolute Gasteiger partial charge is 0.416 e. The molecule has 0 aromatic heterocycles. The maximum Gasteiger partial charge on any atom is 0.416 e. The lowest BCUT2D eigenvalue weighted by Crippen LogP contribution is -2.40. The van der Waals surface area contributed by atoms with Crippen LogP contribution in [0.1, 0.15) is 30.9 Å². The molecule has 1 aliphatic carbocycles. The highest BCUT2D eigenvalue weighted by Gasteiger charge is 2.31. The molecule has 1 fully saturated rings. The Kier molecular flexibility index (Phi) is 3.87. The van der Waals surface area contributed by atoms with Gasteiger partial charge in [0.25, 0.3) is 0 Å². The van der Waals surface area contributed by atoms with E-state index in [1.807, 2.05) is 0 Å². The first kappa shape index (κ1) is 14.3. The number of rotatable bonds is 5. The summed E-state index contributed by atoms with van der Waals surface area (Å²) in [6.45, 7) is 2.04. The molecule has 1 aromatic carbocycles. The van der Waals surface area contributed by atoms with Crippen molar-refractivity contribution in [2.75, 3.05) is 6.54 Å². The Balaban J connectivity index is 2.00. The second-order valence-corrected chi connectivity index (χ2v) is 5.53. The minimum Gasteiger partial charge on any atom is -0.389 e. The average molecular weight is 273 g/mol. The topological polar surface area (TPSA) is 32.3 Å². The van der Waals surface area contributed by atoms with Crippen LogP contribution in [0.4, 0.5) is 13.2 Å². The zero-order valence-electron chi connectivity index (χ0n) is 10.8. The molecule has 0 radical (unpaired) electrons. The van der Waals surface area contributed by atoms with E-state index >= 15 is 0 Å². The molecule has 2 nitrogen and oxygen atoms in total. The zero-order chi connectivity index (χ0) is 14.1. The summed E-state index contributed by atoms with van der Waals surface area (Å²) in [6, 6.07) is 5.60. The van der Waals surface area contributed by atoms with Crippen molar-refractivity contribution >= 4 is 0 Å². The van der Waals surface area contributed by atoms with Crippen LogP contribution >= 0.6 is 0 Å². The quantitative estimate of drug-likeness (QED) is 0.864. The molecule has 1 saturated carbocycles. The van der Waals surface area contributed by atoms with Gasteiger partial charge >= 0.3 is 6.18 Å². The summed E-state index contributed by atoms with van der Waals surface area (Å²) in [5.41, 5.74) is -1.21. The lowest BCUT2D eigenvalue weighted by molar-refractivity contribution is -0.137. The molecule has 0 aliphatic heterocycles. The number of benzene rings is 1. The van der Waals surface area contributed by atoms with Crippen molar-refractivity contribution in [3.8, 4) is 0 Å². The number of halogens is 3. The van der Waals surface area contributed by atoms with Crippen LogP contribution in [-0.4, -0.2) is 23.3 Å². The minimum atomic E-state index is -4.34. The first-order valence-electron chi connectivity index (χ1n) is 6.38. The van der Waals surface area contributed by atoms with Gasteiger partial charge in [0.2, 0.25) is 0 Å². The van der Waals surface area contributed by atoms with Crippen LogP contribution in [-0.2, 0) is 12.6 Å². The van der Waals surface area contributed by atoms with Crippen LogP contribution in [0.15, 0.2) is 24.3 Å². The fourth-order valence-electron chi connectivity index (χ4n) is 2.01. The maximum absolute atomic E-state index is 12.6. The lowest BCUT2D eigenvalue weighted by Gasteiger charge is -2.24. The van der Waals surface area contributed by atoms with Gasteiger partial charge in [-0.3, -0.25) is 0 Å². The van der Waals surface area contributed by atoms with Gasteiger partial charge in [0.15, 0.2) is 0 Å². The van der Waals surface area contributed by atoms with Crippen molar-refractivity contribution in [3.05, 3.63) is 35.4 Å². The molecule has 106 valence electrons. The Morgan fingerprint density at radius 2 is 2.00 bits per heavy atom. The van der Waals surface area contributed by atoms with Crippen molar-refractivity contribution < 1.29 is 18.3 Å². The summed E-state index contributed by atoms with van der Waals surface area (Å²) >= 11 is 0. The molecule has 1 aromatic rings. The van der Waals surface area contributed by atoms with Gasteiger partial charge in [0.1, 0.15) is 0 Å². The standard InChI is InChI=1S/C14H18F3NO/c1-13(19,9-18-12-5-6-12)8-10-3-2-4-11(7-10)14(15,16)17/h2-4,7,12,18-19H,5-6,8-9H2,1H3. The predicted molar refractivity (Wildman–Crippen MR) is 66.8 cm³/mol. The van der Waals surface area contributed by atoms with Gasteiger partial charge in [-0.15, -0.1) is 0 Å². The van der Waals surface area contributed by atoms with E-state index in [2.05, 4.69) is 5.32 Å². The van der Waals surface area contributed by atoms with E-state index in [1.165, 1.54) is 6.07 Å². The predicted octanol–water partition coefficient (Wildman–Crippen LogP) is 2.75. The summed E-state index contributed by atoms with van der Waals surface area (Å²) in [6.07, 6.45) is -1.91. The van der Waals surface area contributed by atoms with Crippen LogP contribution in [0.3, 0.4) is 0 Å². The Hall–Kier alpha value is -1.07. The highest BCUT2D eigenvalue weighted by Crippen LogP contribution is 2.30. The molecule has 5 heteroatoms. The SMILES string of the molecule is CC(O)(CNC1CC1)Cc1cccc(C(F)(F)F)c1. The van der Waals surface area contributed by atoms with Gasteiger partial charge in [-0.25, -0.2) is 0 Å². The smallest absolute Gasteiger partial charge is 0.389 e. The highest BCUT2D eigenvalue weighted by atomic mass is 19.4. The summed E-state index contributed by atoms with van der Waals surface area (Å²) in [5.74, 6) is 0. The molecule has 0 saturated heterocycles. The lowest BCUT2D eigenvalue weighted by atomic mass is 9.95. The number of alkyl halides is 3. The molecular weight excluding hydrogens is 255 g/mol. The molecule has 1 atom stereocenters. The van der Waals surface area contributed by atoms with E-state index < -0.39 is 17.3 Å². The summed E-state index contributed by atoms with van der Waals surface area (Å²) in [4.78, 5) is 0. The highest BCUT2D eigenvalue weighted by molar-refractivity contribution is 5.26. The van der Waals surface area contributed by atoms with E-state index in [0.29, 0.717) is 18.2 Å². The van der Waals surface area contributed by atoms with Crippen LogP contribution in [0.5, 0.6) is 0 Å². The zero-order valence-corrected chi connectivity index (χ0v) is 10.8. The second-order valence-electron chi connectivity index (χ2n) is 5.53. The second kappa shape index (κ2) is 5.13. The van der Waals surface area contributed by atoms with Gasteiger partial charge in [-0.2, -0.15) is 13.2 Å². The Bertz CT molecular complexity index is 439. The fraction of sp³-hybridized carbons (Fsp3) is 0.571. The summed E-state index contributed by atoms with van der Waals surface area (Å²) in [5, 5.41) is 13.4.